The van der Waals surface area contributed by atoms with Crippen LogP contribution in [0.5, 0.6) is 0 Å². The van der Waals surface area contributed by atoms with E-state index < -0.39 is 0 Å². The van der Waals surface area contributed by atoms with E-state index in [1.165, 1.54) is 12.8 Å². The second-order valence-corrected chi connectivity index (χ2v) is 5.95. The zero-order chi connectivity index (χ0) is 13.5. The molecule has 0 unspecified atom stereocenters. The van der Waals surface area contributed by atoms with Crippen molar-refractivity contribution < 1.29 is 4.79 Å². The Bertz CT molecular complexity index is 634. The number of hydrogen-bond donors (Lipinski definition) is 2. The Balaban J connectivity index is 1.57. The van der Waals surface area contributed by atoms with E-state index >= 15 is 0 Å². The van der Waals surface area contributed by atoms with Crippen LogP contribution in [0.3, 0.4) is 0 Å². The number of aromatic amines is 1. The van der Waals surface area contributed by atoms with Gasteiger partial charge in [-0.2, -0.15) is 0 Å². The van der Waals surface area contributed by atoms with Crippen LogP contribution >= 0.6 is 0 Å². The van der Waals surface area contributed by atoms with Crippen LogP contribution in [0, 0.1) is 5.92 Å². The summed E-state index contributed by atoms with van der Waals surface area (Å²) in [5.74, 6) is 0.805. The normalized spacial score (nSPS) is 25.9. The highest BCUT2D eigenvalue weighted by atomic mass is 16.2. The van der Waals surface area contributed by atoms with Crippen molar-refractivity contribution in [3.63, 3.8) is 0 Å². The maximum absolute atomic E-state index is 12.6. The highest BCUT2D eigenvalue weighted by Gasteiger charge is 2.36. The Hall–Kier alpha value is -1.81. The first-order valence-electron chi connectivity index (χ1n) is 7.41. The monoisotopic (exact) mass is 269 g/mol. The molecule has 104 valence electrons. The van der Waals surface area contributed by atoms with Gasteiger partial charge >= 0.3 is 0 Å². The van der Waals surface area contributed by atoms with Gasteiger partial charge in [0.05, 0.1) is 0 Å². The van der Waals surface area contributed by atoms with Crippen LogP contribution in [0.15, 0.2) is 30.5 Å². The molecule has 0 saturated carbocycles. The fraction of sp³-hybridized carbons (Fsp3) is 0.438. The van der Waals surface area contributed by atoms with Crippen LogP contribution in [0.4, 0.5) is 0 Å². The standard InChI is InChI=1S/C16H19N3O/c20-16(12-4-3-11-5-7-18-14(11)8-12)19-9-13-2-1-6-17-15(13)10-19/h3-5,7-8,13,15,17-18H,1-2,6,9-10H2/t13-,15+/m0/s1. The Morgan fingerprint density at radius 1 is 1.25 bits per heavy atom. The molecule has 0 radical (unpaired) electrons. The highest BCUT2D eigenvalue weighted by molar-refractivity contribution is 5.98. The van der Waals surface area contributed by atoms with E-state index in [1.54, 1.807) is 0 Å². The topological polar surface area (TPSA) is 48.1 Å². The molecule has 2 aliphatic heterocycles. The van der Waals surface area contributed by atoms with E-state index in [2.05, 4.69) is 10.3 Å². The number of carbonyl (C=O) groups excluding carboxylic acids is 1. The summed E-state index contributed by atoms with van der Waals surface area (Å²) in [5, 5.41) is 4.69. The van der Waals surface area contributed by atoms with Crippen molar-refractivity contribution in [2.75, 3.05) is 19.6 Å². The first kappa shape index (κ1) is 12.0. The van der Waals surface area contributed by atoms with Gasteiger partial charge in [-0.1, -0.05) is 6.07 Å². The number of rotatable bonds is 1. The maximum Gasteiger partial charge on any atom is 0.253 e. The summed E-state index contributed by atoms with van der Waals surface area (Å²) >= 11 is 0. The van der Waals surface area contributed by atoms with Gasteiger partial charge in [-0.15, -0.1) is 0 Å². The van der Waals surface area contributed by atoms with Crippen molar-refractivity contribution in [1.82, 2.24) is 15.2 Å². The van der Waals surface area contributed by atoms with Crippen LogP contribution in [0.25, 0.3) is 10.9 Å². The number of carbonyl (C=O) groups is 1. The number of likely N-dealkylation sites (tertiary alicyclic amines) is 1. The molecule has 1 aromatic carbocycles. The summed E-state index contributed by atoms with van der Waals surface area (Å²) in [6.07, 6.45) is 4.39. The fourth-order valence-corrected chi connectivity index (χ4v) is 3.58. The van der Waals surface area contributed by atoms with Gasteiger partial charge in [-0.05, 0) is 48.9 Å². The summed E-state index contributed by atoms with van der Waals surface area (Å²) in [5.41, 5.74) is 1.82. The number of fused-ring (bicyclic) bond motifs is 2. The molecule has 1 aromatic heterocycles. The zero-order valence-corrected chi connectivity index (χ0v) is 11.4. The Labute approximate surface area is 118 Å². The van der Waals surface area contributed by atoms with Crippen LogP contribution in [0.1, 0.15) is 23.2 Å². The molecule has 2 saturated heterocycles. The van der Waals surface area contributed by atoms with Crippen molar-refractivity contribution in [2.24, 2.45) is 5.92 Å². The zero-order valence-electron chi connectivity index (χ0n) is 11.4. The smallest absolute Gasteiger partial charge is 0.253 e. The van der Waals surface area contributed by atoms with Crippen molar-refractivity contribution in [1.29, 1.82) is 0 Å². The third-order valence-corrected chi connectivity index (χ3v) is 4.69. The van der Waals surface area contributed by atoms with Crippen LogP contribution in [0.2, 0.25) is 0 Å². The average molecular weight is 269 g/mol. The van der Waals surface area contributed by atoms with Gasteiger partial charge < -0.3 is 15.2 Å². The number of piperidine rings is 1. The molecule has 2 atom stereocenters. The Kier molecular flexibility index (Phi) is 2.77. The molecular formula is C16H19N3O. The number of nitrogens with zero attached hydrogens (tertiary/aromatic N) is 1. The van der Waals surface area contributed by atoms with E-state index in [9.17, 15) is 4.79 Å². The lowest BCUT2D eigenvalue weighted by Gasteiger charge is -2.24. The quantitative estimate of drug-likeness (QED) is 0.832. The minimum Gasteiger partial charge on any atom is -0.361 e. The van der Waals surface area contributed by atoms with E-state index in [0.29, 0.717) is 12.0 Å². The van der Waals surface area contributed by atoms with Crippen LogP contribution in [-0.2, 0) is 0 Å². The Morgan fingerprint density at radius 3 is 3.10 bits per heavy atom. The first-order valence-corrected chi connectivity index (χ1v) is 7.41. The third-order valence-electron chi connectivity index (χ3n) is 4.69. The van der Waals surface area contributed by atoms with E-state index in [1.807, 2.05) is 35.4 Å². The Morgan fingerprint density at radius 2 is 2.20 bits per heavy atom. The molecule has 2 N–H and O–H groups in total. The number of H-pyrrole nitrogens is 1. The molecule has 20 heavy (non-hydrogen) atoms. The molecular weight excluding hydrogens is 250 g/mol. The summed E-state index contributed by atoms with van der Waals surface area (Å²) in [6.45, 7) is 2.85. The lowest BCUT2D eigenvalue weighted by atomic mass is 9.94. The van der Waals surface area contributed by atoms with Crippen molar-refractivity contribution >= 4 is 16.8 Å². The molecule has 0 aliphatic carbocycles. The van der Waals surface area contributed by atoms with Gasteiger partial charge in [-0.25, -0.2) is 0 Å². The summed E-state index contributed by atoms with van der Waals surface area (Å²) < 4.78 is 0. The minimum atomic E-state index is 0.165. The molecule has 0 bridgehead atoms. The van der Waals surface area contributed by atoms with E-state index in [-0.39, 0.29) is 5.91 Å². The van der Waals surface area contributed by atoms with Gasteiger partial charge in [0.1, 0.15) is 0 Å². The summed E-state index contributed by atoms with van der Waals surface area (Å²) in [6, 6.07) is 8.45. The summed E-state index contributed by atoms with van der Waals surface area (Å²) in [4.78, 5) is 17.8. The average Bonchev–Trinajstić information content (AvgIpc) is 3.11. The number of benzene rings is 1. The van der Waals surface area contributed by atoms with Gasteiger partial charge in [0.25, 0.3) is 5.91 Å². The lowest BCUT2D eigenvalue weighted by Crippen LogP contribution is -2.41. The van der Waals surface area contributed by atoms with Crippen LogP contribution in [-0.4, -0.2) is 41.5 Å². The third kappa shape index (κ3) is 1.91. The SMILES string of the molecule is O=C(c1ccc2cc[nH]c2c1)N1C[C@@H]2CCCN[C@@H]2C1. The van der Waals surface area contributed by atoms with E-state index in [4.69, 9.17) is 0 Å². The minimum absolute atomic E-state index is 0.165. The molecule has 2 fully saturated rings. The van der Waals surface area contributed by atoms with Crippen molar-refractivity contribution in [3.05, 3.63) is 36.0 Å². The lowest BCUT2D eigenvalue weighted by molar-refractivity contribution is 0.0786. The van der Waals surface area contributed by atoms with Crippen molar-refractivity contribution in [3.8, 4) is 0 Å². The fourth-order valence-electron chi connectivity index (χ4n) is 3.58. The van der Waals surface area contributed by atoms with Gasteiger partial charge in [0.15, 0.2) is 0 Å². The van der Waals surface area contributed by atoms with E-state index in [0.717, 1.165) is 36.1 Å². The predicted molar refractivity (Wildman–Crippen MR) is 78.7 cm³/mol. The number of aromatic nitrogens is 1. The highest BCUT2D eigenvalue weighted by Crippen LogP contribution is 2.26. The number of nitrogens with one attached hydrogen (secondary N) is 2. The van der Waals surface area contributed by atoms with Crippen molar-refractivity contribution in [2.45, 2.75) is 18.9 Å². The number of amides is 1. The second-order valence-electron chi connectivity index (χ2n) is 5.95. The molecule has 2 aromatic rings. The van der Waals surface area contributed by atoms with Gasteiger partial charge in [0.2, 0.25) is 0 Å². The largest absolute Gasteiger partial charge is 0.361 e. The predicted octanol–water partition coefficient (Wildman–Crippen LogP) is 1.99. The van der Waals surface area contributed by atoms with Gasteiger partial charge in [0, 0.05) is 36.4 Å². The second kappa shape index (κ2) is 4.63. The first-order chi connectivity index (χ1) is 9.81. The summed E-state index contributed by atoms with van der Waals surface area (Å²) in [7, 11) is 0. The molecule has 3 heterocycles. The van der Waals surface area contributed by atoms with Crippen LogP contribution < -0.4 is 5.32 Å². The molecule has 2 aliphatic rings. The number of hydrogen-bond acceptors (Lipinski definition) is 2. The molecule has 4 rings (SSSR count). The molecule has 1 amide bonds. The van der Waals surface area contributed by atoms with Gasteiger partial charge in [-0.3, -0.25) is 4.79 Å². The molecule has 0 spiro atoms. The molecule has 4 nitrogen and oxygen atoms in total. The molecule has 4 heteroatoms. The maximum atomic E-state index is 12.6.